The average Bonchev–Trinajstić information content (AvgIpc) is 3.61. The molecule has 2 aromatic heterocycles. The number of furan rings is 1. The molecule has 0 fully saturated rings. The van der Waals surface area contributed by atoms with Gasteiger partial charge in [-0.15, -0.1) is 0 Å². The van der Waals surface area contributed by atoms with E-state index in [2.05, 4.69) is 182 Å². The summed E-state index contributed by atoms with van der Waals surface area (Å²) < 4.78 is 6.59. The zero-order valence-electron chi connectivity index (χ0n) is 28.8. The van der Waals surface area contributed by atoms with E-state index < -0.39 is 0 Å². The molecule has 11 aromatic rings. The van der Waals surface area contributed by atoms with Crippen LogP contribution in [0.3, 0.4) is 0 Å². The summed E-state index contributed by atoms with van der Waals surface area (Å²) >= 11 is 0. The molecule has 0 spiro atoms. The monoisotopic (exact) mass is 673 g/mol. The van der Waals surface area contributed by atoms with Crippen LogP contribution in [0, 0.1) is 0 Å². The van der Waals surface area contributed by atoms with E-state index in [1.807, 2.05) is 6.07 Å². The van der Waals surface area contributed by atoms with Crippen molar-refractivity contribution >= 4 is 65.2 Å². The Morgan fingerprint density at radius 2 is 0.981 bits per heavy atom. The van der Waals surface area contributed by atoms with Gasteiger partial charge in [0.25, 0.3) is 0 Å². The largest absolute Gasteiger partial charge is 0.456 e. The van der Waals surface area contributed by atoms with Gasteiger partial charge in [-0.2, -0.15) is 0 Å². The molecule has 9 aromatic carbocycles. The van der Waals surface area contributed by atoms with Gasteiger partial charge in [0.15, 0.2) is 0 Å². The second-order valence-electron chi connectivity index (χ2n) is 13.8. The van der Waals surface area contributed by atoms with E-state index >= 15 is 0 Å². The predicted octanol–water partition coefficient (Wildman–Crippen LogP) is 14.3. The minimum absolute atomic E-state index is 0.865. The molecule has 0 saturated heterocycles. The van der Waals surface area contributed by atoms with Gasteiger partial charge in [-0.25, -0.2) is 4.98 Å². The fraction of sp³-hybridized carbons (Fsp3) is 0. The van der Waals surface area contributed by atoms with Crippen LogP contribution in [0.2, 0.25) is 0 Å². The smallest absolute Gasteiger partial charge is 0.136 e. The van der Waals surface area contributed by atoms with Crippen molar-refractivity contribution < 1.29 is 4.42 Å². The lowest BCUT2D eigenvalue weighted by Crippen LogP contribution is -1.93. The zero-order chi connectivity index (χ0) is 34.9. The van der Waals surface area contributed by atoms with Gasteiger partial charge in [0.05, 0.1) is 11.2 Å². The van der Waals surface area contributed by atoms with Gasteiger partial charge in [-0.1, -0.05) is 158 Å². The highest BCUT2D eigenvalue weighted by atomic mass is 16.3. The van der Waals surface area contributed by atoms with Crippen molar-refractivity contribution in [3.8, 4) is 44.6 Å². The molecule has 0 bridgehead atoms. The minimum atomic E-state index is 0.865. The molecule has 11 rings (SSSR count). The van der Waals surface area contributed by atoms with Crippen molar-refractivity contribution in [2.24, 2.45) is 0 Å². The molecule has 2 heterocycles. The van der Waals surface area contributed by atoms with Crippen LogP contribution in [0.1, 0.15) is 0 Å². The molecular formula is C51H31NO. The van der Waals surface area contributed by atoms with Crippen LogP contribution in [-0.4, -0.2) is 4.98 Å². The summed E-state index contributed by atoms with van der Waals surface area (Å²) in [6.45, 7) is 0. The molecule has 0 N–H and O–H groups in total. The van der Waals surface area contributed by atoms with Crippen LogP contribution in [0.4, 0.5) is 0 Å². The lowest BCUT2D eigenvalue weighted by Gasteiger charge is -2.16. The van der Waals surface area contributed by atoms with Gasteiger partial charge in [-0.05, 0) is 79.7 Å². The van der Waals surface area contributed by atoms with Crippen molar-refractivity contribution in [3.63, 3.8) is 0 Å². The predicted molar refractivity (Wildman–Crippen MR) is 223 cm³/mol. The Labute approximate surface area is 306 Å². The van der Waals surface area contributed by atoms with E-state index in [1.165, 1.54) is 43.6 Å². The Bertz CT molecular complexity index is 3210. The van der Waals surface area contributed by atoms with Gasteiger partial charge < -0.3 is 4.42 Å². The van der Waals surface area contributed by atoms with Crippen molar-refractivity contribution in [2.75, 3.05) is 0 Å². The molecule has 0 unspecified atom stereocenters. The number of aromatic nitrogens is 1. The first-order chi connectivity index (χ1) is 26.3. The number of pyridine rings is 1. The molecule has 0 atom stereocenters. The Morgan fingerprint density at radius 1 is 0.340 bits per heavy atom. The van der Waals surface area contributed by atoms with E-state index in [4.69, 9.17) is 9.40 Å². The first kappa shape index (κ1) is 29.7. The topological polar surface area (TPSA) is 26.0 Å². The SMILES string of the molecule is c1ccc(-c2c3c(cc4c(-c5cccc(-c6ccc(-c7cc8ccccc8c8ccccc78)cc6)c5)nc5ccccc5c24)oc2ccccc23)cc1. The Balaban J connectivity index is 1.10. The molecule has 246 valence electrons. The minimum Gasteiger partial charge on any atom is -0.456 e. The summed E-state index contributed by atoms with van der Waals surface area (Å²) in [5.41, 5.74) is 11.8. The first-order valence-electron chi connectivity index (χ1n) is 18.1. The van der Waals surface area contributed by atoms with Crippen LogP contribution >= 0.6 is 0 Å². The maximum atomic E-state index is 6.59. The number of nitrogens with zero attached hydrogens (tertiary/aromatic N) is 1. The van der Waals surface area contributed by atoms with Gasteiger partial charge in [0.1, 0.15) is 11.2 Å². The molecule has 0 aliphatic heterocycles. The van der Waals surface area contributed by atoms with Gasteiger partial charge >= 0.3 is 0 Å². The Hall–Kier alpha value is -7.03. The van der Waals surface area contributed by atoms with Crippen LogP contribution in [0.25, 0.3) is 110 Å². The molecule has 2 heteroatoms. The summed E-state index contributed by atoms with van der Waals surface area (Å²) in [6.07, 6.45) is 0. The lowest BCUT2D eigenvalue weighted by molar-refractivity contribution is 0.669. The maximum absolute atomic E-state index is 6.59. The van der Waals surface area contributed by atoms with Crippen molar-refractivity contribution in [1.29, 1.82) is 0 Å². The standard InChI is InChI=1S/C51H31NO/c1-2-13-34(14-3-1)48-49-41-21-8-10-23-45(41)52-51(44(49)31-47-50(48)42-22-9-11-24-46(42)53-47)37-17-12-16-35(29-37)32-25-27-33(28-26-32)43-30-36-15-4-5-18-38(36)39-19-6-7-20-40(39)43/h1-31H. The summed E-state index contributed by atoms with van der Waals surface area (Å²) in [6, 6.07) is 67.3. The Morgan fingerprint density at radius 3 is 1.83 bits per heavy atom. The molecular weight excluding hydrogens is 643 g/mol. The van der Waals surface area contributed by atoms with Crippen molar-refractivity contribution in [3.05, 3.63) is 188 Å². The van der Waals surface area contributed by atoms with Crippen LogP contribution in [-0.2, 0) is 0 Å². The zero-order valence-corrected chi connectivity index (χ0v) is 28.8. The second-order valence-corrected chi connectivity index (χ2v) is 13.8. The van der Waals surface area contributed by atoms with Crippen LogP contribution in [0.15, 0.2) is 192 Å². The maximum Gasteiger partial charge on any atom is 0.136 e. The number of benzene rings is 9. The summed E-state index contributed by atoms with van der Waals surface area (Å²) in [5, 5.41) is 10.7. The highest BCUT2D eigenvalue weighted by Gasteiger charge is 2.21. The van der Waals surface area contributed by atoms with Crippen LogP contribution in [0.5, 0.6) is 0 Å². The van der Waals surface area contributed by atoms with E-state index in [0.717, 1.165) is 66.2 Å². The third kappa shape index (κ3) is 4.70. The van der Waals surface area contributed by atoms with E-state index in [0.29, 0.717) is 0 Å². The number of fused-ring (bicyclic) bond motifs is 9. The molecule has 0 radical (unpaired) electrons. The molecule has 0 aliphatic carbocycles. The quantitative estimate of drug-likeness (QED) is 0.174. The van der Waals surface area contributed by atoms with Gasteiger partial charge in [-0.3, -0.25) is 0 Å². The molecule has 0 saturated carbocycles. The number of rotatable bonds is 4. The number of para-hydroxylation sites is 2. The fourth-order valence-corrected chi connectivity index (χ4v) is 8.41. The number of hydrogen-bond acceptors (Lipinski definition) is 2. The first-order valence-corrected chi connectivity index (χ1v) is 18.1. The third-order valence-corrected chi connectivity index (χ3v) is 10.8. The number of hydrogen-bond donors (Lipinski definition) is 0. The van der Waals surface area contributed by atoms with Crippen molar-refractivity contribution in [1.82, 2.24) is 4.98 Å². The van der Waals surface area contributed by atoms with Gasteiger partial charge in [0.2, 0.25) is 0 Å². The summed E-state index contributed by atoms with van der Waals surface area (Å²) in [4.78, 5) is 5.37. The molecule has 0 amide bonds. The summed E-state index contributed by atoms with van der Waals surface area (Å²) in [5.74, 6) is 0. The second kappa shape index (κ2) is 11.8. The van der Waals surface area contributed by atoms with E-state index in [-0.39, 0.29) is 0 Å². The Kier molecular flexibility index (Phi) is 6.59. The van der Waals surface area contributed by atoms with E-state index in [9.17, 15) is 0 Å². The molecule has 0 aliphatic rings. The average molecular weight is 674 g/mol. The van der Waals surface area contributed by atoms with Gasteiger partial charge in [0, 0.05) is 38.1 Å². The summed E-state index contributed by atoms with van der Waals surface area (Å²) in [7, 11) is 0. The lowest BCUT2D eigenvalue weighted by atomic mass is 9.89. The van der Waals surface area contributed by atoms with Crippen molar-refractivity contribution in [2.45, 2.75) is 0 Å². The molecule has 53 heavy (non-hydrogen) atoms. The highest BCUT2D eigenvalue weighted by molar-refractivity contribution is 6.27. The third-order valence-electron chi connectivity index (χ3n) is 10.8. The highest BCUT2D eigenvalue weighted by Crippen LogP contribution is 2.46. The van der Waals surface area contributed by atoms with Crippen LogP contribution < -0.4 is 0 Å². The normalized spacial score (nSPS) is 11.8. The fourth-order valence-electron chi connectivity index (χ4n) is 8.41. The van der Waals surface area contributed by atoms with E-state index in [1.54, 1.807) is 0 Å². The molecule has 2 nitrogen and oxygen atoms in total.